The number of aliphatic hydroxyl groups is 1. The first kappa shape index (κ1) is 20.0. The van der Waals surface area contributed by atoms with Crippen molar-refractivity contribution in [2.24, 2.45) is 0 Å². The molecule has 0 aromatic carbocycles. The lowest BCUT2D eigenvalue weighted by Crippen LogP contribution is -2.48. The van der Waals surface area contributed by atoms with E-state index >= 15 is 0 Å². The molecule has 1 fully saturated rings. The van der Waals surface area contributed by atoms with Crippen molar-refractivity contribution >= 4 is 11.3 Å². The Kier molecular flexibility index (Phi) is 7.09. The topological polar surface area (TPSA) is 66.7 Å². The van der Waals surface area contributed by atoms with Crippen LogP contribution in [0.2, 0.25) is 0 Å². The van der Waals surface area contributed by atoms with E-state index in [1.165, 1.54) is 24.1 Å². The van der Waals surface area contributed by atoms with Gasteiger partial charge in [-0.05, 0) is 24.3 Å². The number of hydrogen-bond donors (Lipinski definition) is 1. The predicted molar refractivity (Wildman–Crippen MR) is 109 cm³/mol. The summed E-state index contributed by atoms with van der Waals surface area (Å²) in [5.74, 6) is 2.28. The fourth-order valence-corrected chi connectivity index (χ4v) is 4.67. The lowest BCUT2D eigenvalue weighted by Gasteiger charge is -2.35. The van der Waals surface area contributed by atoms with E-state index in [1.54, 1.807) is 11.3 Å². The quantitative estimate of drug-likeness (QED) is 0.722. The van der Waals surface area contributed by atoms with Gasteiger partial charge in [-0.15, -0.1) is 21.5 Å². The number of β-amino-alcohol motifs (C(OH)–C–C–N with tert-alkyl or cyclic N) is 1. The zero-order valence-corrected chi connectivity index (χ0v) is 17.3. The van der Waals surface area contributed by atoms with Crippen LogP contribution in [0.5, 0.6) is 0 Å². The monoisotopic (exact) mass is 405 g/mol. The number of fused-ring (bicyclic) bond motifs is 1. The van der Waals surface area contributed by atoms with E-state index in [0.717, 1.165) is 57.3 Å². The summed E-state index contributed by atoms with van der Waals surface area (Å²) in [4.78, 5) is 5.99. The fraction of sp³-hybridized carbons (Fsp3) is 0.700. The van der Waals surface area contributed by atoms with Crippen LogP contribution in [0.3, 0.4) is 0 Å². The molecule has 2 aromatic heterocycles. The van der Waals surface area contributed by atoms with Crippen molar-refractivity contribution in [1.82, 2.24) is 24.6 Å². The number of hydrogen-bond acceptors (Lipinski definition) is 7. The summed E-state index contributed by atoms with van der Waals surface area (Å²) < 4.78 is 7.98. The third kappa shape index (κ3) is 5.39. The van der Waals surface area contributed by atoms with E-state index < -0.39 is 6.10 Å². The first-order chi connectivity index (χ1) is 13.8. The maximum atomic E-state index is 10.3. The Labute approximate surface area is 170 Å². The van der Waals surface area contributed by atoms with Gasteiger partial charge in [0.2, 0.25) is 0 Å². The van der Waals surface area contributed by atoms with Gasteiger partial charge in [-0.1, -0.05) is 12.5 Å². The molecule has 0 spiro atoms. The smallest absolute Gasteiger partial charge is 0.147 e. The van der Waals surface area contributed by atoms with Crippen LogP contribution in [-0.4, -0.2) is 75.1 Å². The number of nitrogens with zero attached hydrogens (tertiary/aromatic N) is 5. The Morgan fingerprint density at radius 2 is 1.93 bits per heavy atom. The van der Waals surface area contributed by atoms with Crippen LogP contribution >= 0.6 is 11.3 Å². The zero-order chi connectivity index (χ0) is 19.2. The second-order valence-corrected chi connectivity index (χ2v) is 8.85. The molecule has 1 N–H and O–H groups in total. The molecule has 0 amide bonds. The van der Waals surface area contributed by atoms with E-state index in [1.807, 2.05) is 11.4 Å². The number of piperazine rings is 1. The number of aryl methyl sites for hydroxylation is 1. The number of thiophene rings is 1. The highest BCUT2D eigenvalue weighted by Gasteiger charge is 2.22. The summed E-state index contributed by atoms with van der Waals surface area (Å²) in [6, 6.07) is 4.08. The molecule has 2 aliphatic rings. The van der Waals surface area contributed by atoms with Gasteiger partial charge in [0.15, 0.2) is 0 Å². The number of rotatable bonds is 8. The highest BCUT2D eigenvalue weighted by molar-refractivity contribution is 7.09. The van der Waals surface area contributed by atoms with Crippen LogP contribution < -0.4 is 0 Å². The van der Waals surface area contributed by atoms with Crippen LogP contribution in [0.1, 0.15) is 35.8 Å². The molecule has 4 rings (SSSR count). The Balaban J connectivity index is 1.17. The highest BCUT2D eigenvalue weighted by Crippen LogP contribution is 2.16. The van der Waals surface area contributed by atoms with Gasteiger partial charge in [-0.2, -0.15) is 0 Å². The lowest BCUT2D eigenvalue weighted by molar-refractivity contribution is 0.00129. The minimum Gasteiger partial charge on any atom is -0.389 e. The summed E-state index contributed by atoms with van der Waals surface area (Å²) in [5.41, 5.74) is 0. The molecule has 0 unspecified atom stereocenters. The molecule has 2 aliphatic heterocycles. The van der Waals surface area contributed by atoms with Crippen LogP contribution in [0.25, 0.3) is 0 Å². The predicted octanol–water partition coefficient (Wildman–Crippen LogP) is 1.76. The first-order valence-corrected chi connectivity index (χ1v) is 11.3. The fourth-order valence-electron chi connectivity index (χ4n) is 4.03. The molecule has 154 valence electrons. The minimum absolute atomic E-state index is 0.393. The molecule has 2 aromatic rings. The van der Waals surface area contributed by atoms with Crippen molar-refractivity contribution in [1.29, 1.82) is 0 Å². The van der Waals surface area contributed by atoms with Gasteiger partial charge >= 0.3 is 0 Å². The minimum atomic E-state index is -0.432. The Morgan fingerprint density at radius 1 is 1.07 bits per heavy atom. The average Bonchev–Trinajstić information content (AvgIpc) is 3.28. The van der Waals surface area contributed by atoms with Crippen LogP contribution in [-0.2, 0) is 30.9 Å². The number of ether oxygens (including phenoxy) is 1. The van der Waals surface area contributed by atoms with E-state index in [0.29, 0.717) is 19.8 Å². The van der Waals surface area contributed by atoms with Gasteiger partial charge in [0.25, 0.3) is 0 Å². The Hall–Kier alpha value is -1.32. The number of aromatic nitrogens is 3. The molecule has 0 saturated carbocycles. The van der Waals surface area contributed by atoms with Crippen molar-refractivity contribution < 1.29 is 9.84 Å². The molecule has 28 heavy (non-hydrogen) atoms. The van der Waals surface area contributed by atoms with E-state index in [9.17, 15) is 5.11 Å². The Bertz CT molecular complexity index is 712. The highest BCUT2D eigenvalue weighted by atomic mass is 32.1. The summed E-state index contributed by atoms with van der Waals surface area (Å²) in [6.07, 6.45) is 4.39. The van der Waals surface area contributed by atoms with Crippen molar-refractivity contribution in [3.8, 4) is 0 Å². The van der Waals surface area contributed by atoms with E-state index in [2.05, 4.69) is 30.6 Å². The maximum absolute atomic E-state index is 10.3. The van der Waals surface area contributed by atoms with E-state index in [4.69, 9.17) is 4.74 Å². The lowest BCUT2D eigenvalue weighted by atomic mass is 10.2. The van der Waals surface area contributed by atoms with Crippen molar-refractivity contribution in [3.05, 3.63) is 34.0 Å². The molecular weight excluding hydrogens is 374 g/mol. The zero-order valence-electron chi connectivity index (χ0n) is 16.5. The van der Waals surface area contributed by atoms with Gasteiger partial charge < -0.3 is 14.4 Å². The first-order valence-electron chi connectivity index (χ1n) is 10.4. The maximum Gasteiger partial charge on any atom is 0.147 e. The molecule has 1 saturated heterocycles. The normalized spacial score (nSPS) is 20.0. The molecule has 0 radical (unpaired) electrons. The van der Waals surface area contributed by atoms with Gasteiger partial charge in [-0.3, -0.25) is 9.80 Å². The standard InChI is InChI=1S/C20H31N5O2S/c26-17(15-27-16-18-5-4-12-28-18)13-23-8-10-24(11-9-23)14-20-22-21-19-6-2-1-3-7-25(19)20/h4-5,12,17,26H,1-3,6-11,13-16H2/t17-/m1/s1. The molecule has 4 heterocycles. The molecule has 1 atom stereocenters. The van der Waals surface area contributed by atoms with Crippen LogP contribution in [0.15, 0.2) is 17.5 Å². The molecule has 0 aliphatic carbocycles. The van der Waals surface area contributed by atoms with E-state index in [-0.39, 0.29) is 0 Å². The molecule has 8 heteroatoms. The third-order valence-corrected chi connectivity index (χ3v) is 6.47. The second-order valence-electron chi connectivity index (χ2n) is 7.82. The largest absolute Gasteiger partial charge is 0.389 e. The van der Waals surface area contributed by atoms with Gasteiger partial charge in [0.05, 0.1) is 25.9 Å². The van der Waals surface area contributed by atoms with Gasteiger partial charge in [-0.25, -0.2) is 0 Å². The summed E-state index contributed by atoms with van der Waals surface area (Å²) in [6.45, 7) is 7.57. The summed E-state index contributed by atoms with van der Waals surface area (Å²) in [7, 11) is 0. The average molecular weight is 406 g/mol. The van der Waals surface area contributed by atoms with Crippen LogP contribution in [0.4, 0.5) is 0 Å². The van der Waals surface area contributed by atoms with Crippen molar-refractivity contribution in [3.63, 3.8) is 0 Å². The van der Waals surface area contributed by atoms with Gasteiger partial charge in [0, 0.05) is 50.6 Å². The molecular formula is C20H31N5O2S. The molecule has 0 bridgehead atoms. The Morgan fingerprint density at radius 3 is 2.75 bits per heavy atom. The van der Waals surface area contributed by atoms with Crippen molar-refractivity contribution in [2.75, 3.05) is 39.3 Å². The summed E-state index contributed by atoms with van der Waals surface area (Å²) in [5, 5.41) is 21.2. The third-order valence-electron chi connectivity index (χ3n) is 5.62. The van der Waals surface area contributed by atoms with Crippen LogP contribution in [0, 0.1) is 0 Å². The van der Waals surface area contributed by atoms with Gasteiger partial charge in [0.1, 0.15) is 11.6 Å². The summed E-state index contributed by atoms with van der Waals surface area (Å²) >= 11 is 1.69. The number of aliphatic hydroxyl groups excluding tert-OH is 1. The SMILES string of the molecule is O[C@@H](COCc1cccs1)CN1CCN(Cc2nnc3n2CCCCC3)CC1. The second kappa shape index (κ2) is 9.93. The molecule has 7 nitrogen and oxygen atoms in total. The van der Waals surface area contributed by atoms with Crippen molar-refractivity contribution in [2.45, 2.75) is 51.5 Å².